The molecule has 0 spiro atoms. The van der Waals surface area contributed by atoms with Crippen molar-refractivity contribution in [3.05, 3.63) is 34.0 Å². The van der Waals surface area contributed by atoms with Crippen molar-refractivity contribution in [3.63, 3.8) is 0 Å². The van der Waals surface area contributed by atoms with Crippen LogP contribution in [0.2, 0.25) is 0 Å². The van der Waals surface area contributed by atoms with E-state index >= 15 is 0 Å². The van der Waals surface area contributed by atoms with E-state index in [2.05, 4.69) is 29.8 Å². The molecule has 0 atom stereocenters. The molecule has 1 heterocycles. The van der Waals surface area contributed by atoms with Gasteiger partial charge >= 0.3 is 0 Å². The molecule has 3 nitrogen and oxygen atoms in total. The topological polar surface area (TPSA) is 35.5 Å². The summed E-state index contributed by atoms with van der Waals surface area (Å²) in [5.74, 6) is 0. The summed E-state index contributed by atoms with van der Waals surface area (Å²) >= 11 is 1.88. The first-order valence-corrected chi connectivity index (χ1v) is 7.80. The molecule has 1 aromatic heterocycles. The molecule has 1 aliphatic carbocycles. The van der Waals surface area contributed by atoms with Crippen molar-refractivity contribution < 1.29 is 5.11 Å². The maximum Gasteiger partial charge on any atom is 0.0558 e. The number of aliphatic hydroxyl groups is 1. The Balaban J connectivity index is 1.91. The van der Waals surface area contributed by atoms with Crippen molar-refractivity contribution in [2.45, 2.75) is 38.9 Å². The molecule has 0 saturated heterocycles. The molecule has 0 aliphatic heterocycles. The van der Waals surface area contributed by atoms with Crippen molar-refractivity contribution in [3.8, 4) is 0 Å². The molecule has 106 valence electrons. The molecular formula is C15H24N2OS. The van der Waals surface area contributed by atoms with Crippen molar-refractivity contribution >= 4 is 11.3 Å². The number of nitrogens with zero attached hydrogens (tertiary/aromatic N) is 1. The van der Waals surface area contributed by atoms with Crippen molar-refractivity contribution in [1.82, 2.24) is 10.2 Å². The Kier molecular flexibility index (Phi) is 5.58. The first-order valence-electron chi connectivity index (χ1n) is 6.98. The summed E-state index contributed by atoms with van der Waals surface area (Å²) in [5, 5.41) is 12.6. The highest BCUT2D eigenvalue weighted by Gasteiger charge is 2.20. The third kappa shape index (κ3) is 4.73. The van der Waals surface area contributed by atoms with Gasteiger partial charge in [0, 0.05) is 42.0 Å². The quantitative estimate of drug-likeness (QED) is 0.681. The second-order valence-corrected chi connectivity index (χ2v) is 6.54. The lowest BCUT2D eigenvalue weighted by atomic mass is 10.2. The van der Waals surface area contributed by atoms with Gasteiger partial charge in [-0.05, 0) is 31.4 Å². The van der Waals surface area contributed by atoms with Gasteiger partial charge in [-0.3, -0.25) is 4.90 Å². The highest BCUT2D eigenvalue weighted by Crippen LogP contribution is 2.25. The van der Waals surface area contributed by atoms with E-state index in [0.29, 0.717) is 6.54 Å². The molecular weight excluding hydrogens is 256 g/mol. The number of hydrogen-bond acceptors (Lipinski definition) is 4. The minimum Gasteiger partial charge on any atom is -0.395 e. The fraction of sp³-hybridized carbons (Fsp3) is 0.600. The van der Waals surface area contributed by atoms with E-state index < -0.39 is 0 Å². The summed E-state index contributed by atoms with van der Waals surface area (Å²) in [6.07, 6.45) is 4.56. The van der Waals surface area contributed by atoms with Crippen LogP contribution in [0.25, 0.3) is 0 Å². The number of nitrogens with one attached hydrogen (secondary N) is 1. The SMILES string of the molecule is C=CCN(CCO)Cc1cc(CNC2CC2)sc1C. The Morgan fingerprint density at radius 2 is 2.37 bits per heavy atom. The molecule has 0 aromatic carbocycles. The Hall–Kier alpha value is -0.680. The molecule has 0 bridgehead atoms. The van der Waals surface area contributed by atoms with E-state index in [-0.39, 0.29) is 6.61 Å². The maximum absolute atomic E-state index is 9.08. The van der Waals surface area contributed by atoms with Crippen LogP contribution in [0.1, 0.15) is 28.2 Å². The van der Waals surface area contributed by atoms with Crippen molar-refractivity contribution in [2.24, 2.45) is 0 Å². The lowest BCUT2D eigenvalue weighted by Gasteiger charge is -2.19. The van der Waals surface area contributed by atoms with Gasteiger partial charge in [0.2, 0.25) is 0 Å². The lowest BCUT2D eigenvalue weighted by molar-refractivity contribution is 0.203. The average Bonchev–Trinajstić information content (AvgIpc) is 3.14. The predicted octanol–water partition coefficient (Wildman–Crippen LogP) is 2.29. The second-order valence-electron chi connectivity index (χ2n) is 5.20. The largest absolute Gasteiger partial charge is 0.395 e. The van der Waals surface area contributed by atoms with Crippen LogP contribution in [0.3, 0.4) is 0 Å². The predicted molar refractivity (Wildman–Crippen MR) is 81.5 cm³/mol. The van der Waals surface area contributed by atoms with Crippen LogP contribution in [0.5, 0.6) is 0 Å². The van der Waals surface area contributed by atoms with Crippen LogP contribution in [0.15, 0.2) is 18.7 Å². The van der Waals surface area contributed by atoms with Gasteiger partial charge < -0.3 is 10.4 Å². The summed E-state index contributed by atoms with van der Waals surface area (Å²) in [6, 6.07) is 3.07. The zero-order valence-corrected chi connectivity index (χ0v) is 12.5. The first-order chi connectivity index (χ1) is 9.22. The van der Waals surface area contributed by atoms with Gasteiger partial charge in [0.05, 0.1) is 6.61 Å². The number of thiophene rings is 1. The average molecular weight is 280 g/mol. The molecule has 2 rings (SSSR count). The fourth-order valence-corrected chi connectivity index (χ4v) is 3.17. The minimum atomic E-state index is 0.202. The number of aryl methyl sites for hydroxylation is 1. The number of aliphatic hydroxyl groups excluding tert-OH is 1. The van der Waals surface area contributed by atoms with Crippen LogP contribution in [-0.4, -0.2) is 35.7 Å². The lowest BCUT2D eigenvalue weighted by Crippen LogP contribution is -2.26. The third-order valence-corrected chi connectivity index (χ3v) is 4.50. The van der Waals surface area contributed by atoms with Crippen LogP contribution in [-0.2, 0) is 13.1 Å². The number of hydrogen-bond donors (Lipinski definition) is 2. The van der Waals surface area contributed by atoms with Gasteiger partial charge in [0.25, 0.3) is 0 Å². The fourth-order valence-electron chi connectivity index (χ4n) is 2.16. The van der Waals surface area contributed by atoms with E-state index in [4.69, 9.17) is 5.11 Å². The summed E-state index contributed by atoms with van der Waals surface area (Å²) < 4.78 is 0. The molecule has 2 N–H and O–H groups in total. The van der Waals surface area contributed by atoms with Crippen LogP contribution in [0, 0.1) is 6.92 Å². The van der Waals surface area contributed by atoms with E-state index in [0.717, 1.165) is 25.7 Å². The zero-order valence-electron chi connectivity index (χ0n) is 11.7. The zero-order chi connectivity index (χ0) is 13.7. The third-order valence-electron chi connectivity index (χ3n) is 3.41. The van der Waals surface area contributed by atoms with E-state index in [1.54, 1.807) is 0 Å². The van der Waals surface area contributed by atoms with E-state index in [1.807, 2.05) is 17.4 Å². The molecule has 0 unspecified atom stereocenters. The molecule has 19 heavy (non-hydrogen) atoms. The van der Waals surface area contributed by atoms with Crippen LogP contribution >= 0.6 is 11.3 Å². The molecule has 0 amide bonds. The Morgan fingerprint density at radius 3 is 3.00 bits per heavy atom. The molecule has 1 aromatic rings. The van der Waals surface area contributed by atoms with Gasteiger partial charge in [-0.2, -0.15) is 0 Å². The molecule has 4 heteroatoms. The van der Waals surface area contributed by atoms with Crippen LogP contribution in [0.4, 0.5) is 0 Å². The first kappa shape index (κ1) is 14.7. The summed E-state index contributed by atoms with van der Waals surface area (Å²) in [4.78, 5) is 5.03. The normalized spacial score (nSPS) is 15.1. The van der Waals surface area contributed by atoms with Gasteiger partial charge in [-0.15, -0.1) is 17.9 Å². The monoisotopic (exact) mass is 280 g/mol. The van der Waals surface area contributed by atoms with Crippen molar-refractivity contribution in [2.75, 3.05) is 19.7 Å². The smallest absolute Gasteiger partial charge is 0.0558 e. The van der Waals surface area contributed by atoms with Gasteiger partial charge in [0.15, 0.2) is 0 Å². The van der Waals surface area contributed by atoms with Crippen molar-refractivity contribution in [1.29, 1.82) is 0 Å². The molecule has 1 aliphatic rings. The maximum atomic E-state index is 9.08. The minimum absolute atomic E-state index is 0.202. The Morgan fingerprint density at radius 1 is 1.58 bits per heavy atom. The van der Waals surface area contributed by atoms with E-state index in [1.165, 1.54) is 28.2 Å². The van der Waals surface area contributed by atoms with Gasteiger partial charge in [-0.1, -0.05) is 6.08 Å². The van der Waals surface area contributed by atoms with Crippen LogP contribution < -0.4 is 5.32 Å². The summed E-state index contributed by atoms with van der Waals surface area (Å²) in [7, 11) is 0. The standard InChI is InChI=1S/C15H24N2OS/c1-3-6-17(7-8-18)11-13-9-15(19-12(13)2)10-16-14-4-5-14/h3,9,14,16,18H,1,4-8,10-11H2,2H3. The Bertz CT molecular complexity index is 412. The van der Waals surface area contributed by atoms with Gasteiger partial charge in [0.1, 0.15) is 0 Å². The summed E-state index contributed by atoms with van der Waals surface area (Å²) in [5.41, 5.74) is 1.38. The Labute approximate surface area is 119 Å². The summed E-state index contributed by atoms with van der Waals surface area (Å²) in [6.45, 7) is 9.59. The molecule has 1 fully saturated rings. The molecule has 0 radical (unpaired) electrons. The van der Waals surface area contributed by atoms with E-state index in [9.17, 15) is 0 Å². The highest BCUT2D eigenvalue weighted by atomic mass is 32.1. The number of rotatable bonds is 9. The van der Waals surface area contributed by atoms with Gasteiger partial charge in [-0.25, -0.2) is 0 Å². The molecule has 1 saturated carbocycles. The highest BCUT2D eigenvalue weighted by molar-refractivity contribution is 7.12. The second kappa shape index (κ2) is 7.20.